The SMILES string of the molecule is C=Cc1cn(CC(C)(C)F)nc1C(F)F.CC.CC.C[C@@H]1CCC[C@H](C)C1.Cc1ccccc(C(C)(C)F)nc(C)cc1. The molecule has 3 rings (SSSR count). The maximum atomic E-state index is 13.8. The van der Waals surface area contributed by atoms with Gasteiger partial charge in [-0.05, 0) is 71.9 Å². The summed E-state index contributed by atoms with van der Waals surface area (Å²) in [6.45, 7) is 25.7. The van der Waals surface area contributed by atoms with Crippen LogP contribution in [0.3, 0.4) is 0 Å². The lowest BCUT2D eigenvalue weighted by atomic mass is 9.84. The molecule has 0 spiro atoms. The second kappa shape index (κ2) is 21.9. The molecule has 2 aromatic rings. The Labute approximate surface area is 260 Å². The second-order valence-electron chi connectivity index (χ2n) is 11.7. The molecule has 1 fully saturated rings. The van der Waals surface area contributed by atoms with Gasteiger partial charge in [-0.2, -0.15) is 5.10 Å². The molecule has 246 valence electrons. The Morgan fingerprint density at radius 2 is 1.47 bits per heavy atom. The third-order valence-corrected chi connectivity index (χ3v) is 6.20. The summed E-state index contributed by atoms with van der Waals surface area (Å²) in [6.07, 6.45) is 5.89. The maximum absolute atomic E-state index is 13.8. The summed E-state index contributed by atoms with van der Waals surface area (Å²) in [5, 5.41) is 3.62. The van der Waals surface area contributed by atoms with Crippen molar-refractivity contribution in [3.63, 3.8) is 0 Å². The summed E-state index contributed by atoms with van der Waals surface area (Å²) in [6, 6.07) is 11.3. The van der Waals surface area contributed by atoms with Crippen LogP contribution in [0.5, 0.6) is 0 Å². The predicted octanol–water partition coefficient (Wildman–Crippen LogP) is 12.1. The molecule has 1 aliphatic rings. The fourth-order valence-corrected chi connectivity index (χ4v) is 4.24. The van der Waals surface area contributed by atoms with Gasteiger partial charge in [0.1, 0.15) is 17.0 Å². The normalized spacial score (nSPS) is 15.9. The molecule has 0 aliphatic heterocycles. The van der Waals surface area contributed by atoms with E-state index in [2.05, 4.69) is 30.5 Å². The van der Waals surface area contributed by atoms with Crippen LogP contribution in [0.4, 0.5) is 17.6 Å². The van der Waals surface area contributed by atoms with Gasteiger partial charge in [-0.1, -0.05) is 103 Å². The average Bonchev–Trinajstić information content (AvgIpc) is 3.33. The fraction of sp³-hybridized carbons (Fsp3) is 0.611. The van der Waals surface area contributed by atoms with Crippen LogP contribution in [0.2, 0.25) is 0 Å². The molecule has 0 aromatic carbocycles. The number of rotatable bonds is 5. The van der Waals surface area contributed by atoms with Crippen molar-refractivity contribution in [1.29, 1.82) is 0 Å². The number of hydrogen-bond acceptors (Lipinski definition) is 2. The standard InChI is InChI=1S/C14H18FN.C10H13F3N2.C8H16.2C2H6/c1-11-7-5-6-8-13(14(3,4)15)16-12(2)10-9-11;1-4-7-5-15(6-10(2,3)13)14-8(7)9(11)12;1-7-4-3-5-8(2)6-7;2*1-2/h5-10H,1-4H3;4-5,9H,1,6H2,2-3H3;7-8H,3-6H2,1-2H3;2*1-2H3/t;;7-,8+;;. The largest absolute Gasteiger partial charge is 0.282 e. The van der Waals surface area contributed by atoms with Crippen molar-refractivity contribution in [3.05, 3.63) is 77.4 Å². The monoisotopic (exact) mass is 609 g/mol. The van der Waals surface area contributed by atoms with Crippen molar-refractivity contribution in [1.82, 2.24) is 14.8 Å². The Morgan fingerprint density at radius 1 is 0.930 bits per heavy atom. The summed E-state index contributed by atoms with van der Waals surface area (Å²) < 4.78 is 53.1. The Bertz CT molecular complexity index is 1070. The highest BCUT2D eigenvalue weighted by Gasteiger charge is 2.21. The second-order valence-corrected chi connectivity index (χ2v) is 11.7. The van der Waals surface area contributed by atoms with Gasteiger partial charge in [-0.3, -0.25) is 9.67 Å². The lowest BCUT2D eigenvalue weighted by Gasteiger charge is -2.22. The quantitative estimate of drug-likeness (QED) is 0.316. The Hall–Kier alpha value is -2.70. The van der Waals surface area contributed by atoms with Gasteiger partial charge in [-0.15, -0.1) is 0 Å². The molecule has 0 saturated heterocycles. The third kappa shape index (κ3) is 20.0. The number of alkyl halides is 4. The molecule has 0 bridgehead atoms. The van der Waals surface area contributed by atoms with Crippen molar-refractivity contribution in [2.75, 3.05) is 0 Å². The summed E-state index contributed by atoms with van der Waals surface area (Å²) in [7, 11) is 0. The van der Waals surface area contributed by atoms with E-state index in [9.17, 15) is 17.6 Å². The summed E-state index contributed by atoms with van der Waals surface area (Å²) in [4.78, 5) is 4.28. The van der Waals surface area contributed by atoms with Gasteiger partial charge in [0.05, 0.1) is 12.2 Å². The first-order valence-electron chi connectivity index (χ1n) is 15.7. The molecule has 0 amide bonds. The summed E-state index contributed by atoms with van der Waals surface area (Å²) >= 11 is 0. The molecular weight excluding hydrogens is 550 g/mol. The van der Waals surface area contributed by atoms with E-state index in [0.717, 1.165) is 23.1 Å². The molecule has 0 N–H and O–H groups in total. The lowest BCUT2D eigenvalue weighted by molar-refractivity contribution is 0.141. The zero-order valence-electron chi connectivity index (χ0n) is 28.9. The minimum Gasteiger partial charge on any atom is -0.268 e. The Balaban J connectivity index is 0. The summed E-state index contributed by atoms with van der Waals surface area (Å²) in [5.74, 6) is 2.03. The van der Waals surface area contributed by atoms with Crippen molar-refractivity contribution in [2.45, 2.75) is 133 Å². The average molecular weight is 610 g/mol. The number of hydrogen-bond donors (Lipinski definition) is 0. The van der Waals surface area contributed by atoms with E-state index < -0.39 is 17.8 Å². The molecule has 43 heavy (non-hydrogen) atoms. The molecule has 3 nitrogen and oxygen atoms in total. The Morgan fingerprint density at radius 3 is 1.86 bits per heavy atom. The molecule has 1 saturated carbocycles. The first-order valence-corrected chi connectivity index (χ1v) is 15.7. The van der Waals surface area contributed by atoms with Crippen molar-refractivity contribution < 1.29 is 17.6 Å². The lowest BCUT2D eigenvalue weighted by Crippen LogP contribution is -2.21. The number of halogens is 4. The fourth-order valence-electron chi connectivity index (χ4n) is 4.24. The van der Waals surface area contributed by atoms with Gasteiger partial charge in [-0.25, -0.2) is 17.6 Å². The molecule has 2 heterocycles. The van der Waals surface area contributed by atoms with Crippen LogP contribution in [0.1, 0.15) is 130 Å². The van der Waals surface area contributed by atoms with E-state index in [1.165, 1.54) is 70.3 Å². The van der Waals surface area contributed by atoms with Gasteiger partial charge in [0.2, 0.25) is 0 Å². The van der Waals surface area contributed by atoms with Crippen LogP contribution in [0.25, 0.3) is 6.08 Å². The molecule has 0 radical (unpaired) electrons. The van der Waals surface area contributed by atoms with Crippen LogP contribution in [-0.2, 0) is 12.2 Å². The van der Waals surface area contributed by atoms with Crippen LogP contribution in [-0.4, -0.2) is 20.4 Å². The van der Waals surface area contributed by atoms with E-state index >= 15 is 0 Å². The van der Waals surface area contributed by atoms with E-state index in [0.29, 0.717) is 5.69 Å². The molecule has 1 aliphatic carbocycles. The molecular formula is C36H59F4N3. The van der Waals surface area contributed by atoms with Gasteiger partial charge in [0.25, 0.3) is 6.43 Å². The molecule has 0 unspecified atom stereocenters. The highest BCUT2D eigenvalue weighted by atomic mass is 19.3. The highest BCUT2D eigenvalue weighted by molar-refractivity contribution is 5.48. The van der Waals surface area contributed by atoms with E-state index in [-0.39, 0.29) is 17.8 Å². The first kappa shape index (κ1) is 42.4. The van der Waals surface area contributed by atoms with Crippen LogP contribution < -0.4 is 0 Å². The molecule has 7 heteroatoms. The smallest absolute Gasteiger partial charge is 0.268 e. The summed E-state index contributed by atoms with van der Waals surface area (Å²) in [5.41, 5.74) is -0.620. The zero-order valence-corrected chi connectivity index (χ0v) is 28.9. The van der Waals surface area contributed by atoms with Crippen LogP contribution in [0, 0.1) is 25.7 Å². The maximum Gasteiger partial charge on any atom is 0.282 e. The molecule has 2 aromatic heterocycles. The minimum absolute atomic E-state index is 0.0550. The molecule has 2 atom stereocenters. The zero-order chi connectivity index (χ0) is 33.8. The number of aryl methyl sites for hydroxylation is 2. The van der Waals surface area contributed by atoms with Gasteiger partial charge in [0.15, 0.2) is 0 Å². The van der Waals surface area contributed by atoms with E-state index in [4.69, 9.17) is 0 Å². The van der Waals surface area contributed by atoms with Gasteiger partial charge >= 0.3 is 0 Å². The van der Waals surface area contributed by atoms with Gasteiger partial charge in [0, 0.05) is 17.5 Å². The van der Waals surface area contributed by atoms with Crippen molar-refractivity contribution in [2.24, 2.45) is 11.8 Å². The van der Waals surface area contributed by atoms with Crippen LogP contribution >= 0.6 is 0 Å². The van der Waals surface area contributed by atoms with Crippen molar-refractivity contribution in [3.8, 4) is 0 Å². The number of nitrogens with zero attached hydrogens (tertiary/aromatic N) is 3. The predicted molar refractivity (Wildman–Crippen MR) is 177 cm³/mol. The van der Waals surface area contributed by atoms with E-state index in [1.807, 2.05) is 71.9 Å². The third-order valence-electron chi connectivity index (χ3n) is 6.20. The minimum atomic E-state index is -2.66. The van der Waals surface area contributed by atoms with E-state index in [1.54, 1.807) is 6.07 Å². The van der Waals surface area contributed by atoms with Gasteiger partial charge < -0.3 is 0 Å². The van der Waals surface area contributed by atoms with Crippen LogP contribution in [0.15, 0.2) is 49.2 Å². The highest BCUT2D eigenvalue weighted by Crippen LogP contribution is 2.27. The van der Waals surface area contributed by atoms with Crippen molar-refractivity contribution >= 4 is 6.08 Å². The topological polar surface area (TPSA) is 30.7 Å². The first-order chi connectivity index (χ1) is 20.0. The Kier molecular flexibility index (Phi) is 21.6. The number of aromatic nitrogens is 3.